The molecule has 0 amide bonds. The standard InChI is InChI=1S/C11H8Br2N2O2S2/c12-8-1-3-11(4-2-8)19(16,17)15-14-6-10-5-9(13)7-18-10/h1-7,15H/b14-6+. The molecule has 1 aromatic carbocycles. The van der Waals surface area contributed by atoms with Crippen molar-refractivity contribution in [3.8, 4) is 0 Å². The van der Waals surface area contributed by atoms with Crippen molar-refractivity contribution >= 4 is 59.4 Å². The van der Waals surface area contributed by atoms with Crippen LogP contribution in [0, 0.1) is 0 Å². The van der Waals surface area contributed by atoms with Crippen molar-refractivity contribution in [2.45, 2.75) is 4.90 Å². The molecule has 19 heavy (non-hydrogen) atoms. The number of hydrazone groups is 1. The van der Waals surface area contributed by atoms with E-state index in [1.54, 1.807) is 12.1 Å². The molecule has 8 heteroatoms. The Balaban J connectivity index is 2.09. The Labute approximate surface area is 131 Å². The third-order valence-electron chi connectivity index (χ3n) is 2.08. The van der Waals surface area contributed by atoms with E-state index in [4.69, 9.17) is 0 Å². The van der Waals surface area contributed by atoms with E-state index in [2.05, 4.69) is 41.8 Å². The van der Waals surface area contributed by atoms with Gasteiger partial charge in [-0.15, -0.1) is 11.3 Å². The highest BCUT2D eigenvalue weighted by Gasteiger charge is 2.11. The van der Waals surface area contributed by atoms with Gasteiger partial charge in [-0.25, -0.2) is 4.83 Å². The Morgan fingerprint density at radius 3 is 2.42 bits per heavy atom. The molecule has 4 nitrogen and oxygen atoms in total. The zero-order valence-electron chi connectivity index (χ0n) is 9.38. The molecule has 0 aliphatic rings. The second-order valence-electron chi connectivity index (χ2n) is 3.47. The highest BCUT2D eigenvalue weighted by Crippen LogP contribution is 2.18. The molecule has 0 spiro atoms. The number of nitrogens with one attached hydrogen (secondary N) is 1. The second kappa shape index (κ2) is 6.17. The van der Waals surface area contributed by atoms with Crippen LogP contribution in [0.15, 0.2) is 54.7 Å². The summed E-state index contributed by atoms with van der Waals surface area (Å²) in [6.45, 7) is 0. The van der Waals surface area contributed by atoms with Crippen LogP contribution in [-0.2, 0) is 10.0 Å². The lowest BCUT2D eigenvalue weighted by molar-refractivity contribution is 0.584. The van der Waals surface area contributed by atoms with E-state index in [0.29, 0.717) is 0 Å². The molecule has 0 bridgehead atoms. The summed E-state index contributed by atoms with van der Waals surface area (Å²) in [7, 11) is -3.62. The van der Waals surface area contributed by atoms with Crippen LogP contribution in [0.1, 0.15) is 4.88 Å². The van der Waals surface area contributed by atoms with Crippen LogP contribution >= 0.6 is 43.2 Å². The minimum Gasteiger partial charge on any atom is -0.200 e. The number of hydrogen-bond donors (Lipinski definition) is 1. The van der Waals surface area contributed by atoms with Crippen LogP contribution in [0.3, 0.4) is 0 Å². The second-order valence-corrected chi connectivity index (χ2v) is 7.91. The average molecular weight is 424 g/mol. The fraction of sp³-hybridized carbons (Fsp3) is 0. The molecule has 0 saturated carbocycles. The zero-order valence-corrected chi connectivity index (χ0v) is 14.2. The maximum absolute atomic E-state index is 11.9. The molecule has 1 aromatic heterocycles. The smallest absolute Gasteiger partial charge is 0.200 e. The molecule has 0 saturated heterocycles. The first-order valence-electron chi connectivity index (χ1n) is 5.02. The fourth-order valence-corrected chi connectivity index (χ4v) is 3.58. The summed E-state index contributed by atoms with van der Waals surface area (Å²) in [5.41, 5.74) is 0. The highest BCUT2D eigenvalue weighted by atomic mass is 79.9. The number of hydrogen-bond acceptors (Lipinski definition) is 4. The van der Waals surface area contributed by atoms with Crippen LogP contribution < -0.4 is 4.83 Å². The number of rotatable bonds is 4. The number of sulfonamides is 1. The molecule has 0 fully saturated rings. The summed E-state index contributed by atoms with van der Waals surface area (Å²) in [5, 5.41) is 5.63. The molecule has 0 aliphatic heterocycles. The molecular weight excluding hydrogens is 416 g/mol. The summed E-state index contributed by atoms with van der Waals surface area (Å²) in [5.74, 6) is 0. The van der Waals surface area contributed by atoms with E-state index in [-0.39, 0.29) is 4.90 Å². The van der Waals surface area contributed by atoms with E-state index >= 15 is 0 Å². The van der Waals surface area contributed by atoms with Crippen molar-refractivity contribution in [1.29, 1.82) is 0 Å². The van der Waals surface area contributed by atoms with Crippen molar-refractivity contribution in [3.63, 3.8) is 0 Å². The molecule has 100 valence electrons. The minimum absolute atomic E-state index is 0.167. The van der Waals surface area contributed by atoms with Gasteiger partial charge in [0, 0.05) is 19.2 Å². The van der Waals surface area contributed by atoms with Gasteiger partial charge in [0.1, 0.15) is 0 Å². The normalized spacial score (nSPS) is 11.9. The SMILES string of the molecule is O=S(=O)(N/N=C/c1cc(Br)cs1)c1ccc(Br)cc1. The number of benzene rings is 1. The van der Waals surface area contributed by atoms with E-state index in [9.17, 15) is 8.42 Å². The van der Waals surface area contributed by atoms with Gasteiger partial charge in [0.25, 0.3) is 10.0 Å². The molecule has 1 N–H and O–H groups in total. The third kappa shape index (κ3) is 4.13. The van der Waals surface area contributed by atoms with Gasteiger partial charge in [-0.3, -0.25) is 0 Å². The first-order valence-corrected chi connectivity index (χ1v) is 8.97. The van der Waals surface area contributed by atoms with Gasteiger partial charge in [-0.1, -0.05) is 15.9 Å². The van der Waals surface area contributed by atoms with Gasteiger partial charge in [-0.05, 0) is 46.3 Å². The van der Waals surface area contributed by atoms with Crippen LogP contribution in [0.25, 0.3) is 0 Å². The average Bonchev–Trinajstić information content (AvgIpc) is 2.75. The predicted molar refractivity (Wildman–Crippen MR) is 84.1 cm³/mol. The Morgan fingerprint density at radius 2 is 1.84 bits per heavy atom. The molecule has 1 heterocycles. The monoisotopic (exact) mass is 422 g/mol. The number of halogens is 2. The summed E-state index contributed by atoms with van der Waals surface area (Å²) in [6, 6.07) is 8.18. The van der Waals surface area contributed by atoms with E-state index in [1.165, 1.54) is 29.7 Å². The summed E-state index contributed by atoms with van der Waals surface area (Å²) < 4.78 is 25.5. The van der Waals surface area contributed by atoms with Crippen LogP contribution in [0.2, 0.25) is 0 Å². The van der Waals surface area contributed by atoms with Gasteiger partial charge in [0.05, 0.1) is 11.1 Å². The molecule has 0 unspecified atom stereocenters. The lowest BCUT2D eigenvalue weighted by Gasteiger charge is -2.02. The first-order chi connectivity index (χ1) is 8.97. The lowest BCUT2D eigenvalue weighted by Crippen LogP contribution is -2.18. The number of thiophene rings is 1. The molecule has 0 radical (unpaired) electrons. The lowest BCUT2D eigenvalue weighted by atomic mass is 10.4. The topological polar surface area (TPSA) is 58.5 Å². The van der Waals surface area contributed by atoms with Crippen LogP contribution in [0.4, 0.5) is 0 Å². The largest absolute Gasteiger partial charge is 0.276 e. The number of nitrogens with zero attached hydrogens (tertiary/aromatic N) is 1. The highest BCUT2D eigenvalue weighted by molar-refractivity contribution is 9.10. The van der Waals surface area contributed by atoms with Crippen molar-refractivity contribution < 1.29 is 8.42 Å². The van der Waals surface area contributed by atoms with E-state index in [1.807, 2.05) is 11.4 Å². The third-order valence-corrected chi connectivity index (χ3v) is 5.47. The van der Waals surface area contributed by atoms with Gasteiger partial charge in [0.15, 0.2) is 0 Å². The van der Waals surface area contributed by atoms with E-state index in [0.717, 1.165) is 13.8 Å². The first kappa shape index (κ1) is 14.7. The maximum atomic E-state index is 11.9. The summed E-state index contributed by atoms with van der Waals surface area (Å²) in [4.78, 5) is 3.19. The zero-order chi connectivity index (χ0) is 13.9. The molecule has 2 rings (SSSR count). The fourth-order valence-electron chi connectivity index (χ4n) is 1.22. The Kier molecular flexibility index (Phi) is 4.77. The van der Waals surface area contributed by atoms with Gasteiger partial charge in [0.2, 0.25) is 0 Å². The van der Waals surface area contributed by atoms with E-state index < -0.39 is 10.0 Å². The van der Waals surface area contributed by atoms with Crippen molar-refractivity contribution in [2.24, 2.45) is 5.10 Å². The van der Waals surface area contributed by atoms with Crippen molar-refractivity contribution in [1.82, 2.24) is 4.83 Å². The minimum atomic E-state index is -3.62. The quantitative estimate of drug-likeness (QED) is 0.603. The molecule has 0 aliphatic carbocycles. The van der Waals surface area contributed by atoms with Crippen LogP contribution in [0.5, 0.6) is 0 Å². The van der Waals surface area contributed by atoms with Gasteiger partial charge >= 0.3 is 0 Å². The Hall–Kier alpha value is -0.700. The Morgan fingerprint density at radius 1 is 1.16 bits per heavy atom. The van der Waals surface area contributed by atoms with Crippen molar-refractivity contribution in [2.75, 3.05) is 0 Å². The Bertz CT molecular complexity index is 694. The van der Waals surface area contributed by atoms with Gasteiger partial charge < -0.3 is 0 Å². The predicted octanol–water partition coefficient (Wildman–Crippen LogP) is 3.59. The van der Waals surface area contributed by atoms with Gasteiger partial charge in [-0.2, -0.15) is 13.5 Å². The van der Waals surface area contributed by atoms with Crippen LogP contribution in [-0.4, -0.2) is 14.6 Å². The molecule has 0 atom stereocenters. The maximum Gasteiger partial charge on any atom is 0.276 e. The molecule has 2 aromatic rings. The van der Waals surface area contributed by atoms with Crippen molar-refractivity contribution in [3.05, 3.63) is 49.5 Å². The summed E-state index contributed by atoms with van der Waals surface area (Å²) in [6.07, 6.45) is 1.46. The summed E-state index contributed by atoms with van der Waals surface area (Å²) >= 11 is 8.02. The molecular formula is C11H8Br2N2O2S2.